The molecular weight excluding hydrogens is 338 g/mol. The second kappa shape index (κ2) is 8.69. The Bertz CT molecular complexity index is 677. The van der Waals surface area contributed by atoms with Gasteiger partial charge in [0.15, 0.2) is 11.4 Å². The molecule has 0 atom stereocenters. The molecule has 0 aliphatic heterocycles. The van der Waals surface area contributed by atoms with Crippen LogP contribution in [0.2, 0.25) is 5.02 Å². The van der Waals surface area contributed by atoms with Gasteiger partial charge in [0.05, 0.1) is 6.54 Å². The number of benzene rings is 1. The minimum absolute atomic E-state index is 0.482. The van der Waals surface area contributed by atoms with Crippen LogP contribution in [0.5, 0.6) is 5.75 Å². The summed E-state index contributed by atoms with van der Waals surface area (Å²) in [5.41, 5.74) is 1.10. The summed E-state index contributed by atoms with van der Waals surface area (Å²) in [6, 6.07) is 9.31. The smallest absolute Gasteiger partial charge is 0.183 e. The number of nitriles is 1. The first-order chi connectivity index (χ1) is 10.7. The number of rotatable bonds is 5. The Morgan fingerprint density at radius 3 is 2.86 bits per heavy atom. The lowest BCUT2D eigenvalue weighted by Gasteiger charge is -2.07. The van der Waals surface area contributed by atoms with E-state index in [4.69, 9.17) is 21.6 Å². The quantitative estimate of drug-likeness (QED) is 0.378. The molecule has 0 unspecified atom stereocenters. The summed E-state index contributed by atoms with van der Waals surface area (Å²) in [7, 11) is 0. The Morgan fingerprint density at radius 1 is 1.41 bits per heavy atom. The molecule has 0 bridgehead atoms. The van der Waals surface area contributed by atoms with E-state index in [2.05, 4.69) is 10.3 Å². The van der Waals surface area contributed by atoms with Crippen molar-refractivity contribution in [1.29, 1.82) is 5.26 Å². The second-order valence-corrected chi connectivity index (χ2v) is 6.41. The molecule has 4 nitrogen and oxygen atoms in total. The van der Waals surface area contributed by atoms with Gasteiger partial charge >= 0.3 is 0 Å². The van der Waals surface area contributed by atoms with Crippen LogP contribution in [0.25, 0.3) is 0 Å². The fourth-order valence-corrected chi connectivity index (χ4v) is 2.95. The minimum Gasteiger partial charge on any atom is -0.489 e. The van der Waals surface area contributed by atoms with Crippen LogP contribution < -0.4 is 10.1 Å². The standard InChI is InChI=1S/C15H14ClN3OS2/c1-21-15(19-10-17)18-8-14-11(6-7-22-14)9-20-13-4-2-12(16)3-5-13/h2-7H,8-9H2,1H3,(H,18,19). The SMILES string of the molecule is CSC(=NCc1sccc1COc1ccc(Cl)cc1)NC#N. The van der Waals surface area contributed by atoms with Gasteiger partial charge in [-0.3, -0.25) is 10.3 Å². The lowest BCUT2D eigenvalue weighted by atomic mass is 10.2. The lowest BCUT2D eigenvalue weighted by Crippen LogP contribution is -2.13. The van der Waals surface area contributed by atoms with E-state index >= 15 is 0 Å². The number of aliphatic imine (C=N–C) groups is 1. The van der Waals surface area contributed by atoms with Crippen LogP contribution >= 0.6 is 34.7 Å². The number of amidine groups is 1. The van der Waals surface area contributed by atoms with E-state index in [1.165, 1.54) is 11.8 Å². The average molecular weight is 352 g/mol. The molecule has 0 fully saturated rings. The number of nitrogens with zero attached hydrogens (tertiary/aromatic N) is 2. The van der Waals surface area contributed by atoms with E-state index in [1.807, 2.05) is 36.0 Å². The van der Waals surface area contributed by atoms with Crippen LogP contribution in [0.15, 0.2) is 40.7 Å². The van der Waals surface area contributed by atoms with Gasteiger partial charge in [-0.25, -0.2) is 0 Å². The van der Waals surface area contributed by atoms with E-state index in [0.717, 1.165) is 16.2 Å². The summed E-state index contributed by atoms with van der Waals surface area (Å²) in [5.74, 6) is 0.779. The Hall–Kier alpha value is -1.68. The largest absolute Gasteiger partial charge is 0.489 e. The highest BCUT2D eigenvalue weighted by atomic mass is 35.5. The maximum atomic E-state index is 8.63. The first-order valence-corrected chi connectivity index (χ1v) is 8.88. The molecule has 0 aliphatic carbocycles. The maximum absolute atomic E-state index is 8.63. The zero-order chi connectivity index (χ0) is 15.8. The predicted octanol–water partition coefficient (Wildman–Crippen LogP) is 4.27. The Morgan fingerprint density at radius 2 is 2.18 bits per heavy atom. The molecule has 0 radical (unpaired) electrons. The second-order valence-electron chi connectivity index (χ2n) is 4.17. The lowest BCUT2D eigenvalue weighted by molar-refractivity contribution is 0.305. The van der Waals surface area contributed by atoms with Crippen molar-refractivity contribution in [1.82, 2.24) is 5.32 Å². The highest BCUT2D eigenvalue weighted by Crippen LogP contribution is 2.22. The Kier molecular flexibility index (Phi) is 6.59. The van der Waals surface area contributed by atoms with Crippen molar-refractivity contribution >= 4 is 39.9 Å². The summed E-state index contributed by atoms with van der Waals surface area (Å²) < 4.78 is 5.75. The van der Waals surface area contributed by atoms with E-state index in [1.54, 1.807) is 23.5 Å². The third kappa shape index (κ3) is 4.95. The highest BCUT2D eigenvalue weighted by molar-refractivity contribution is 8.13. The Balaban J connectivity index is 1.97. The summed E-state index contributed by atoms with van der Waals surface area (Å²) >= 11 is 8.89. The first-order valence-electron chi connectivity index (χ1n) is 6.40. The van der Waals surface area contributed by atoms with Crippen LogP contribution in [0, 0.1) is 11.5 Å². The average Bonchev–Trinajstić information content (AvgIpc) is 2.98. The fourth-order valence-electron chi connectivity index (χ4n) is 1.67. The van der Waals surface area contributed by atoms with Crippen LogP contribution in [0.4, 0.5) is 0 Å². The molecule has 0 saturated carbocycles. The van der Waals surface area contributed by atoms with E-state index in [-0.39, 0.29) is 0 Å². The van der Waals surface area contributed by atoms with Gasteiger partial charge in [0.2, 0.25) is 0 Å². The van der Waals surface area contributed by atoms with Gasteiger partial charge in [0, 0.05) is 15.5 Å². The number of nitrogens with one attached hydrogen (secondary N) is 1. The van der Waals surface area contributed by atoms with Crippen molar-refractivity contribution in [2.24, 2.45) is 4.99 Å². The van der Waals surface area contributed by atoms with Crippen molar-refractivity contribution < 1.29 is 4.74 Å². The van der Waals surface area contributed by atoms with E-state index in [9.17, 15) is 0 Å². The first kappa shape index (κ1) is 16.7. The van der Waals surface area contributed by atoms with Crippen molar-refractivity contribution in [3.05, 3.63) is 51.2 Å². The van der Waals surface area contributed by atoms with Crippen LogP contribution in [0.3, 0.4) is 0 Å². The zero-order valence-electron chi connectivity index (χ0n) is 11.9. The molecule has 114 valence electrons. The Labute approximate surface area is 142 Å². The van der Waals surface area contributed by atoms with Crippen molar-refractivity contribution in [2.45, 2.75) is 13.2 Å². The summed E-state index contributed by atoms with van der Waals surface area (Å²) in [4.78, 5) is 5.51. The number of thiophene rings is 1. The van der Waals surface area contributed by atoms with Crippen molar-refractivity contribution in [3.8, 4) is 11.9 Å². The van der Waals surface area contributed by atoms with Gasteiger partial charge in [0.1, 0.15) is 12.4 Å². The van der Waals surface area contributed by atoms with Gasteiger partial charge in [-0.1, -0.05) is 23.4 Å². The maximum Gasteiger partial charge on any atom is 0.183 e. The molecule has 7 heteroatoms. The normalized spacial score (nSPS) is 11.0. The van der Waals surface area contributed by atoms with Gasteiger partial charge in [0.25, 0.3) is 0 Å². The number of thioether (sulfide) groups is 1. The molecule has 1 aromatic carbocycles. The third-order valence-electron chi connectivity index (χ3n) is 2.77. The number of ether oxygens (including phenoxy) is 1. The topological polar surface area (TPSA) is 57.4 Å². The van der Waals surface area contributed by atoms with Gasteiger partial charge < -0.3 is 4.74 Å². The van der Waals surface area contributed by atoms with E-state index in [0.29, 0.717) is 23.3 Å². The molecule has 0 spiro atoms. The molecule has 22 heavy (non-hydrogen) atoms. The van der Waals surface area contributed by atoms with Crippen molar-refractivity contribution in [3.63, 3.8) is 0 Å². The number of halogens is 1. The summed E-state index contributed by atoms with van der Waals surface area (Å²) in [6.07, 6.45) is 3.76. The van der Waals surface area contributed by atoms with Gasteiger partial charge in [-0.05, 0) is 42.0 Å². The molecule has 0 aliphatic rings. The molecule has 1 aromatic heterocycles. The van der Waals surface area contributed by atoms with Crippen molar-refractivity contribution in [2.75, 3.05) is 6.26 Å². The number of hydrogen-bond donors (Lipinski definition) is 1. The van der Waals surface area contributed by atoms with E-state index < -0.39 is 0 Å². The molecular formula is C15H14ClN3OS2. The zero-order valence-corrected chi connectivity index (χ0v) is 14.3. The minimum atomic E-state index is 0.482. The molecule has 1 N–H and O–H groups in total. The molecule has 0 amide bonds. The highest BCUT2D eigenvalue weighted by Gasteiger charge is 2.06. The molecule has 2 aromatic rings. The monoisotopic (exact) mass is 351 g/mol. The van der Waals surface area contributed by atoms with Crippen LogP contribution in [-0.2, 0) is 13.2 Å². The summed E-state index contributed by atoms with van der Waals surface area (Å²) in [5, 5.41) is 14.5. The van der Waals surface area contributed by atoms with Crippen LogP contribution in [-0.4, -0.2) is 11.4 Å². The molecule has 0 saturated heterocycles. The third-order valence-corrected chi connectivity index (χ3v) is 4.59. The molecule has 1 heterocycles. The molecule has 2 rings (SSSR count). The van der Waals surface area contributed by atoms with Gasteiger partial charge in [-0.15, -0.1) is 11.3 Å². The van der Waals surface area contributed by atoms with Gasteiger partial charge in [-0.2, -0.15) is 5.26 Å². The fraction of sp³-hybridized carbons (Fsp3) is 0.200. The van der Waals surface area contributed by atoms with Crippen LogP contribution in [0.1, 0.15) is 10.4 Å². The number of hydrogen-bond acceptors (Lipinski definition) is 5. The predicted molar refractivity (Wildman–Crippen MR) is 93.5 cm³/mol. The summed E-state index contributed by atoms with van der Waals surface area (Å²) in [6.45, 7) is 1.01.